The van der Waals surface area contributed by atoms with Gasteiger partial charge >= 0.3 is 0 Å². The number of hydrogen-bond donors (Lipinski definition) is 1. The van der Waals surface area contributed by atoms with E-state index in [9.17, 15) is 8.78 Å². The largest absolute Gasteiger partial charge is 0.389 e. The first-order valence-corrected chi connectivity index (χ1v) is 4.66. The third-order valence-corrected chi connectivity index (χ3v) is 2.07. The number of rotatable bonds is 4. The molecule has 0 fully saturated rings. The summed E-state index contributed by atoms with van der Waals surface area (Å²) in [7, 11) is 1.55. The van der Waals surface area contributed by atoms with Crippen LogP contribution in [0.2, 0.25) is 0 Å². The maximum Gasteiger partial charge on any atom is 0.255 e. The van der Waals surface area contributed by atoms with Crippen molar-refractivity contribution in [1.82, 2.24) is 4.98 Å². The number of hydrogen-bond acceptors (Lipinski definition) is 3. The molecule has 2 N–H and O–H groups in total. The van der Waals surface area contributed by atoms with Gasteiger partial charge in [0.1, 0.15) is 10.8 Å². The van der Waals surface area contributed by atoms with E-state index in [1.54, 1.807) is 19.2 Å². The van der Waals surface area contributed by atoms with Crippen molar-refractivity contribution < 1.29 is 8.78 Å². The second-order valence-electron chi connectivity index (χ2n) is 3.04. The standard InChI is InChI=1S/C9H11F2N3S/c1-14(5-7(10)11)8-3-2-6(4-13-8)9(12)15/h2-4,7H,5H2,1H3,(H2,12,15). The average Bonchev–Trinajstić information content (AvgIpc) is 2.17. The molecular formula is C9H11F2N3S. The minimum absolute atomic E-state index is 0.241. The summed E-state index contributed by atoms with van der Waals surface area (Å²) in [6, 6.07) is 3.27. The summed E-state index contributed by atoms with van der Waals surface area (Å²) in [6.45, 7) is -0.348. The fourth-order valence-electron chi connectivity index (χ4n) is 1.06. The van der Waals surface area contributed by atoms with E-state index < -0.39 is 6.43 Å². The van der Waals surface area contributed by atoms with Crippen molar-refractivity contribution in [2.45, 2.75) is 6.43 Å². The number of pyridine rings is 1. The third-order valence-electron chi connectivity index (χ3n) is 1.84. The Labute approximate surface area is 91.9 Å². The van der Waals surface area contributed by atoms with Crippen molar-refractivity contribution in [3.63, 3.8) is 0 Å². The Hall–Kier alpha value is -1.30. The van der Waals surface area contributed by atoms with Gasteiger partial charge in [0.05, 0.1) is 6.54 Å². The topological polar surface area (TPSA) is 42.1 Å². The molecule has 0 radical (unpaired) electrons. The van der Waals surface area contributed by atoms with E-state index in [-0.39, 0.29) is 11.5 Å². The van der Waals surface area contributed by atoms with Gasteiger partial charge in [0.25, 0.3) is 6.43 Å². The molecule has 1 heterocycles. The summed E-state index contributed by atoms with van der Waals surface area (Å²) in [5.41, 5.74) is 6.00. The van der Waals surface area contributed by atoms with Crippen LogP contribution < -0.4 is 10.6 Å². The molecule has 0 aliphatic rings. The summed E-state index contributed by atoms with van der Waals surface area (Å²) in [4.78, 5) is 5.59. The molecule has 0 aliphatic carbocycles. The van der Waals surface area contributed by atoms with Crippen LogP contribution >= 0.6 is 12.2 Å². The third kappa shape index (κ3) is 3.39. The first kappa shape index (κ1) is 11.8. The highest BCUT2D eigenvalue weighted by Gasteiger charge is 2.09. The quantitative estimate of drug-likeness (QED) is 0.796. The maximum absolute atomic E-state index is 12.1. The Kier molecular flexibility index (Phi) is 3.90. The molecule has 0 saturated heterocycles. The summed E-state index contributed by atoms with van der Waals surface area (Å²) in [5, 5.41) is 0. The van der Waals surface area contributed by atoms with Crippen molar-refractivity contribution in [2.24, 2.45) is 5.73 Å². The molecule has 1 rings (SSSR count). The first-order valence-electron chi connectivity index (χ1n) is 4.26. The Morgan fingerprint density at radius 3 is 2.67 bits per heavy atom. The van der Waals surface area contributed by atoms with E-state index >= 15 is 0 Å². The van der Waals surface area contributed by atoms with Crippen LogP contribution in [0.1, 0.15) is 5.56 Å². The molecule has 1 aromatic heterocycles. The zero-order chi connectivity index (χ0) is 11.4. The lowest BCUT2D eigenvalue weighted by atomic mass is 10.3. The molecule has 1 aromatic rings. The highest BCUT2D eigenvalue weighted by molar-refractivity contribution is 7.80. The highest BCUT2D eigenvalue weighted by Crippen LogP contribution is 2.10. The van der Waals surface area contributed by atoms with Gasteiger partial charge in [-0.1, -0.05) is 12.2 Å². The summed E-state index contributed by atoms with van der Waals surface area (Å²) < 4.78 is 24.1. The van der Waals surface area contributed by atoms with E-state index in [1.165, 1.54) is 11.1 Å². The molecule has 0 spiro atoms. The number of alkyl halides is 2. The van der Waals surface area contributed by atoms with Crippen LogP contribution in [0.25, 0.3) is 0 Å². The monoisotopic (exact) mass is 231 g/mol. The number of thiocarbonyl (C=S) groups is 1. The van der Waals surface area contributed by atoms with Gasteiger partial charge in [-0.05, 0) is 12.1 Å². The second-order valence-corrected chi connectivity index (χ2v) is 3.48. The van der Waals surface area contributed by atoms with Crippen LogP contribution in [0.3, 0.4) is 0 Å². The van der Waals surface area contributed by atoms with Crippen molar-refractivity contribution in [2.75, 3.05) is 18.5 Å². The first-order chi connectivity index (χ1) is 7.00. The van der Waals surface area contributed by atoms with Crippen LogP contribution in [0, 0.1) is 0 Å². The molecule has 3 nitrogen and oxygen atoms in total. The number of aromatic nitrogens is 1. The van der Waals surface area contributed by atoms with Crippen LogP contribution in [-0.2, 0) is 0 Å². The number of anilines is 1. The average molecular weight is 231 g/mol. The molecular weight excluding hydrogens is 220 g/mol. The van der Waals surface area contributed by atoms with Gasteiger partial charge < -0.3 is 10.6 Å². The zero-order valence-corrected chi connectivity index (χ0v) is 8.97. The summed E-state index contributed by atoms with van der Waals surface area (Å²) in [5.74, 6) is 0.468. The second kappa shape index (κ2) is 4.97. The van der Waals surface area contributed by atoms with Gasteiger partial charge in [-0.2, -0.15) is 0 Å². The number of nitrogens with two attached hydrogens (primary N) is 1. The molecule has 0 bridgehead atoms. The van der Waals surface area contributed by atoms with Gasteiger partial charge in [-0.3, -0.25) is 0 Å². The van der Waals surface area contributed by atoms with Crippen molar-refractivity contribution in [3.05, 3.63) is 23.9 Å². The molecule has 6 heteroatoms. The molecule has 82 valence electrons. The van der Waals surface area contributed by atoms with Crippen LogP contribution in [-0.4, -0.2) is 30.0 Å². The summed E-state index contributed by atoms with van der Waals surface area (Å²) in [6.07, 6.45) is -0.910. The van der Waals surface area contributed by atoms with Crippen molar-refractivity contribution >= 4 is 23.0 Å². The number of halogens is 2. The highest BCUT2D eigenvalue weighted by atomic mass is 32.1. The minimum atomic E-state index is -2.38. The molecule has 0 atom stereocenters. The molecule has 0 unspecified atom stereocenters. The van der Waals surface area contributed by atoms with Gasteiger partial charge in [0.2, 0.25) is 0 Å². The van der Waals surface area contributed by atoms with Crippen molar-refractivity contribution in [1.29, 1.82) is 0 Å². The number of nitrogens with zero attached hydrogens (tertiary/aromatic N) is 2. The predicted octanol–water partition coefficient (Wildman–Crippen LogP) is 1.42. The molecule has 15 heavy (non-hydrogen) atoms. The van der Waals surface area contributed by atoms with Crippen LogP contribution in [0.5, 0.6) is 0 Å². The normalized spacial score (nSPS) is 10.4. The van der Waals surface area contributed by atoms with Gasteiger partial charge in [0, 0.05) is 18.8 Å². The molecule has 0 saturated carbocycles. The van der Waals surface area contributed by atoms with E-state index in [0.717, 1.165) is 0 Å². The Morgan fingerprint density at radius 2 is 2.27 bits per heavy atom. The molecule has 0 aromatic carbocycles. The Bertz CT molecular complexity index is 340. The van der Waals surface area contributed by atoms with Gasteiger partial charge in [0.15, 0.2) is 0 Å². The van der Waals surface area contributed by atoms with Crippen LogP contribution in [0.4, 0.5) is 14.6 Å². The predicted molar refractivity (Wildman–Crippen MR) is 59.4 cm³/mol. The van der Waals surface area contributed by atoms with E-state index in [0.29, 0.717) is 11.4 Å². The lowest BCUT2D eigenvalue weighted by molar-refractivity contribution is 0.156. The molecule has 0 aliphatic heterocycles. The Balaban J connectivity index is 2.75. The smallest absolute Gasteiger partial charge is 0.255 e. The fraction of sp³-hybridized carbons (Fsp3) is 0.333. The maximum atomic E-state index is 12.1. The Morgan fingerprint density at radius 1 is 1.60 bits per heavy atom. The van der Waals surface area contributed by atoms with E-state index in [1.807, 2.05) is 0 Å². The van der Waals surface area contributed by atoms with Gasteiger partial charge in [-0.15, -0.1) is 0 Å². The zero-order valence-electron chi connectivity index (χ0n) is 8.15. The summed E-state index contributed by atoms with van der Waals surface area (Å²) >= 11 is 4.75. The lowest BCUT2D eigenvalue weighted by Gasteiger charge is -2.17. The minimum Gasteiger partial charge on any atom is -0.389 e. The van der Waals surface area contributed by atoms with E-state index in [4.69, 9.17) is 18.0 Å². The fourth-order valence-corrected chi connectivity index (χ4v) is 1.18. The SMILES string of the molecule is CN(CC(F)F)c1ccc(C(N)=S)cn1. The van der Waals surface area contributed by atoms with Gasteiger partial charge in [-0.25, -0.2) is 13.8 Å². The lowest BCUT2D eigenvalue weighted by Crippen LogP contribution is -2.25. The van der Waals surface area contributed by atoms with E-state index in [2.05, 4.69) is 4.98 Å². The van der Waals surface area contributed by atoms with Crippen molar-refractivity contribution in [3.8, 4) is 0 Å². The van der Waals surface area contributed by atoms with Crippen LogP contribution in [0.15, 0.2) is 18.3 Å². The molecule has 0 amide bonds.